The number of carbonyl (C=O) groups is 1. The number of hydrogen-bond donors (Lipinski definition) is 2. The minimum atomic E-state index is -4.83. The van der Waals surface area contributed by atoms with Gasteiger partial charge in [0.2, 0.25) is 5.91 Å². The van der Waals surface area contributed by atoms with E-state index in [1.807, 2.05) is 0 Å². The fourth-order valence-corrected chi connectivity index (χ4v) is 2.66. The standard InChI is InChI=1S/C11H7F3IN3O3S/c12-11(13,14)21-6-1-5(9(20)7(15)2-6)3-16-18-10-17-8(19)4-22-10/h1-3,20H,4H2,(H,17,18,19). The third-order valence-corrected chi connectivity index (χ3v) is 3.92. The molecule has 1 fully saturated rings. The smallest absolute Gasteiger partial charge is 0.506 e. The lowest BCUT2D eigenvalue weighted by Crippen LogP contribution is -2.19. The molecule has 2 N–H and O–H groups in total. The van der Waals surface area contributed by atoms with Crippen molar-refractivity contribution in [3.05, 3.63) is 21.3 Å². The summed E-state index contributed by atoms with van der Waals surface area (Å²) in [6, 6.07) is 2.02. The van der Waals surface area contributed by atoms with E-state index in [0.29, 0.717) is 0 Å². The lowest BCUT2D eigenvalue weighted by molar-refractivity contribution is -0.274. The molecule has 22 heavy (non-hydrogen) atoms. The molecule has 1 aliphatic heterocycles. The van der Waals surface area contributed by atoms with Gasteiger partial charge in [0.05, 0.1) is 15.5 Å². The Morgan fingerprint density at radius 1 is 1.45 bits per heavy atom. The van der Waals surface area contributed by atoms with E-state index in [1.165, 1.54) is 0 Å². The molecule has 6 nitrogen and oxygen atoms in total. The Bertz CT molecular complexity index is 664. The monoisotopic (exact) mass is 445 g/mol. The normalized spacial score (nSPS) is 17.3. The van der Waals surface area contributed by atoms with Crippen molar-refractivity contribution in [2.75, 3.05) is 5.75 Å². The quantitative estimate of drug-likeness (QED) is 0.426. The summed E-state index contributed by atoms with van der Waals surface area (Å²) in [4.78, 5) is 10.9. The van der Waals surface area contributed by atoms with Gasteiger partial charge in [-0.25, -0.2) is 0 Å². The summed E-state index contributed by atoms with van der Waals surface area (Å²) in [5, 5.41) is 19.8. The summed E-state index contributed by atoms with van der Waals surface area (Å²) < 4.78 is 40.6. The number of phenols is 1. The minimum absolute atomic E-state index is 0.00447. The van der Waals surface area contributed by atoms with Gasteiger partial charge in [-0.1, -0.05) is 11.8 Å². The van der Waals surface area contributed by atoms with E-state index in [9.17, 15) is 23.1 Å². The van der Waals surface area contributed by atoms with E-state index in [0.717, 1.165) is 30.1 Å². The third-order valence-electron chi connectivity index (χ3n) is 2.23. The maximum atomic E-state index is 12.2. The zero-order valence-corrected chi connectivity index (χ0v) is 13.5. The van der Waals surface area contributed by atoms with Gasteiger partial charge in [-0.15, -0.1) is 18.3 Å². The number of phenolic OH excluding ortho intramolecular Hbond substituents is 1. The molecule has 1 saturated heterocycles. The molecule has 0 atom stereocenters. The number of thioether (sulfide) groups is 1. The van der Waals surface area contributed by atoms with E-state index in [-0.39, 0.29) is 31.7 Å². The van der Waals surface area contributed by atoms with Crippen LogP contribution in [-0.4, -0.2) is 34.5 Å². The van der Waals surface area contributed by atoms with E-state index >= 15 is 0 Å². The Morgan fingerprint density at radius 2 is 2.18 bits per heavy atom. The first-order valence-corrected chi connectivity index (χ1v) is 7.63. The maximum absolute atomic E-state index is 12.2. The Kier molecular flexibility index (Phi) is 5.16. The SMILES string of the molecule is O=C1CSC(=NN=Cc2cc(OC(F)(F)F)cc(I)c2O)N1. The number of aromatic hydroxyl groups is 1. The van der Waals surface area contributed by atoms with Crippen molar-refractivity contribution in [2.45, 2.75) is 6.36 Å². The number of nitrogens with one attached hydrogen (secondary N) is 1. The van der Waals surface area contributed by atoms with Gasteiger partial charge in [0.1, 0.15) is 11.5 Å². The van der Waals surface area contributed by atoms with Gasteiger partial charge in [0, 0.05) is 5.56 Å². The predicted molar refractivity (Wildman–Crippen MR) is 83.1 cm³/mol. The lowest BCUT2D eigenvalue weighted by Gasteiger charge is -2.10. The second-order valence-corrected chi connectivity index (χ2v) is 6.00. The van der Waals surface area contributed by atoms with Gasteiger partial charge < -0.3 is 15.2 Å². The predicted octanol–water partition coefficient (Wildman–Crippen LogP) is 2.45. The molecule has 0 saturated carbocycles. The molecule has 118 valence electrons. The zero-order chi connectivity index (χ0) is 16.3. The molecule has 1 aromatic rings. The molecule has 0 aliphatic carbocycles. The number of carbonyl (C=O) groups excluding carboxylic acids is 1. The number of hydrogen-bond acceptors (Lipinski definition) is 6. The Labute approximate surface area is 140 Å². The number of nitrogens with zero attached hydrogens (tertiary/aromatic N) is 2. The van der Waals surface area contributed by atoms with Crippen LogP contribution in [0.5, 0.6) is 11.5 Å². The topological polar surface area (TPSA) is 83.3 Å². The Hall–Kier alpha value is -1.50. The molecule has 1 amide bonds. The van der Waals surface area contributed by atoms with Gasteiger partial charge in [-0.3, -0.25) is 4.79 Å². The van der Waals surface area contributed by atoms with Crippen molar-refractivity contribution in [1.82, 2.24) is 5.32 Å². The number of rotatable bonds is 3. The highest BCUT2D eigenvalue weighted by atomic mass is 127. The van der Waals surface area contributed by atoms with Crippen LogP contribution in [0.25, 0.3) is 0 Å². The minimum Gasteiger partial charge on any atom is -0.506 e. The van der Waals surface area contributed by atoms with Crippen LogP contribution in [0.3, 0.4) is 0 Å². The van der Waals surface area contributed by atoms with Gasteiger partial charge >= 0.3 is 6.36 Å². The number of halogens is 4. The average molecular weight is 445 g/mol. The van der Waals surface area contributed by atoms with Crippen molar-refractivity contribution >= 4 is 51.6 Å². The summed E-state index contributed by atoms with van der Waals surface area (Å²) in [5.74, 6) is -0.710. The van der Waals surface area contributed by atoms with Crippen molar-refractivity contribution in [3.8, 4) is 11.5 Å². The van der Waals surface area contributed by atoms with Crippen LogP contribution in [0.2, 0.25) is 0 Å². The average Bonchev–Trinajstić information content (AvgIpc) is 2.79. The van der Waals surface area contributed by atoms with Crippen molar-refractivity contribution in [1.29, 1.82) is 0 Å². The van der Waals surface area contributed by atoms with E-state index < -0.39 is 12.1 Å². The van der Waals surface area contributed by atoms with Crippen LogP contribution in [0.15, 0.2) is 22.3 Å². The first kappa shape index (κ1) is 16.9. The molecule has 11 heteroatoms. The molecule has 0 spiro atoms. The summed E-state index contributed by atoms with van der Waals surface area (Å²) in [5.41, 5.74) is 0.00447. The fourth-order valence-electron chi connectivity index (χ4n) is 1.41. The number of amides is 1. The van der Waals surface area contributed by atoms with E-state index in [2.05, 4.69) is 20.3 Å². The summed E-state index contributed by atoms with van der Waals surface area (Å²) >= 11 is 2.81. The van der Waals surface area contributed by atoms with Gasteiger partial charge in [0.25, 0.3) is 0 Å². The Morgan fingerprint density at radius 3 is 2.77 bits per heavy atom. The van der Waals surface area contributed by atoms with Gasteiger partial charge in [-0.05, 0) is 34.7 Å². The maximum Gasteiger partial charge on any atom is 0.573 e. The second-order valence-electron chi connectivity index (χ2n) is 3.88. The largest absolute Gasteiger partial charge is 0.573 e. The van der Waals surface area contributed by atoms with Crippen LogP contribution in [0.4, 0.5) is 13.2 Å². The molecule has 1 aliphatic rings. The number of ether oxygens (including phenoxy) is 1. The highest BCUT2D eigenvalue weighted by molar-refractivity contribution is 14.1. The molecule has 1 heterocycles. The van der Waals surface area contributed by atoms with Crippen molar-refractivity contribution in [2.24, 2.45) is 10.2 Å². The number of alkyl halides is 3. The molecular formula is C11H7F3IN3O3S. The van der Waals surface area contributed by atoms with Crippen LogP contribution in [0.1, 0.15) is 5.56 Å². The van der Waals surface area contributed by atoms with Crippen molar-refractivity contribution in [3.63, 3.8) is 0 Å². The highest BCUT2D eigenvalue weighted by Crippen LogP contribution is 2.31. The number of benzene rings is 1. The van der Waals surface area contributed by atoms with Gasteiger partial charge in [-0.2, -0.15) is 5.10 Å². The third kappa shape index (κ3) is 4.76. The summed E-state index contributed by atoms with van der Waals surface area (Å²) in [6.07, 6.45) is -3.77. The van der Waals surface area contributed by atoms with Gasteiger partial charge in [0.15, 0.2) is 5.17 Å². The van der Waals surface area contributed by atoms with Crippen molar-refractivity contribution < 1.29 is 27.8 Å². The van der Waals surface area contributed by atoms with Crippen LogP contribution >= 0.6 is 34.4 Å². The molecule has 0 radical (unpaired) electrons. The highest BCUT2D eigenvalue weighted by Gasteiger charge is 2.31. The summed E-state index contributed by atoms with van der Waals surface area (Å²) in [7, 11) is 0. The lowest BCUT2D eigenvalue weighted by atomic mass is 10.2. The zero-order valence-electron chi connectivity index (χ0n) is 10.5. The second kappa shape index (κ2) is 6.73. The fraction of sp³-hybridized carbons (Fsp3) is 0.182. The van der Waals surface area contributed by atoms with Crippen LogP contribution in [0, 0.1) is 3.57 Å². The molecule has 2 rings (SSSR count). The summed E-state index contributed by atoms with van der Waals surface area (Å²) in [6.45, 7) is 0. The first-order chi connectivity index (χ1) is 10.2. The van der Waals surface area contributed by atoms with E-state index in [1.54, 1.807) is 22.6 Å². The van der Waals surface area contributed by atoms with Crippen LogP contribution in [-0.2, 0) is 4.79 Å². The first-order valence-electron chi connectivity index (χ1n) is 5.56. The molecular weight excluding hydrogens is 438 g/mol. The van der Waals surface area contributed by atoms with E-state index in [4.69, 9.17) is 0 Å². The number of amidine groups is 1. The molecule has 0 unspecified atom stereocenters. The molecule has 0 aromatic heterocycles. The Balaban J connectivity index is 2.21. The molecule has 1 aromatic carbocycles. The van der Waals surface area contributed by atoms with Crippen LogP contribution < -0.4 is 10.1 Å². The molecule has 0 bridgehead atoms.